The molecule has 0 radical (unpaired) electrons. The summed E-state index contributed by atoms with van der Waals surface area (Å²) in [6, 6.07) is 9.64. The van der Waals surface area contributed by atoms with E-state index >= 15 is 0 Å². The molecular weight excluding hydrogens is 452 g/mol. The molecule has 1 aliphatic heterocycles. The number of benzene rings is 1. The molecule has 0 spiro atoms. The molecule has 3 heterocycles. The number of H-pyrrole nitrogens is 1. The second kappa shape index (κ2) is 9.56. The molecule has 0 bridgehead atoms. The summed E-state index contributed by atoms with van der Waals surface area (Å²) in [7, 11) is -3.56. The number of aromatic nitrogens is 2. The Hall–Kier alpha value is -2.14. The number of sulfonamides is 1. The van der Waals surface area contributed by atoms with Crippen LogP contribution in [-0.4, -0.2) is 59.7 Å². The minimum absolute atomic E-state index is 0.131. The Labute approximate surface area is 190 Å². The van der Waals surface area contributed by atoms with E-state index in [9.17, 15) is 13.2 Å². The Morgan fingerprint density at radius 2 is 1.97 bits per heavy atom. The summed E-state index contributed by atoms with van der Waals surface area (Å²) in [5, 5.41) is 5.78. The molecule has 10 heteroatoms. The summed E-state index contributed by atoms with van der Waals surface area (Å²) >= 11 is 3.33. The van der Waals surface area contributed by atoms with Crippen LogP contribution < -0.4 is 5.32 Å². The molecule has 164 valence electrons. The van der Waals surface area contributed by atoms with Crippen LogP contribution in [0.3, 0.4) is 0 Å². The number of carbonyl (C=O) groups is 1. The third-order valence-corrected chi connectivity index (χ3v) is 8.79. The highest BCUT2D eigenvalue weighted by Gasteiger charge is 2.27. The maximum atomic E-state index is 12.7. The first-order valence-corrected chi connectivity index (χ1v) is 13.5. The summed E-state index contributed by atoms with van der Waals surface area (Å²) in [5.41, 5.74) is 3.44. The lowest BCUT2D eigenvalue weighted by Crippen LogP contribution is -2.37. The van der Waals surface area contributed by atoms with Gasteiger partial charge < -0.3 is 10.3 Å². The van der Waals surface area contributed by atoms with Crippen molar-refractivity contribution in [2.45, 2.75) is 18.2 Å². The van der Waals surface area contributed by atoms with E-state index in [2.05, 4.69) is 46.5 Å². The molecule has 1 aliphatic rings. The number of aromatic amines is 1. The largest absolute Gasteiger partial charge is 0.356 e. The van der Waals surface area contributed by atoms with Gasteiger partial charge in [-0.25, -0.2) is 13.4 Å². The van der Waals surface area contributed by atoms with Crippen LogP contribution in [0.25, 0.3) is 10.6 Å². The maximum absolute atomic E-state index is 12.7. The number of nitrogens with zero attached hydrogens (tertiary/aromatic N) is 2. The van der Waals surface area contributed by atoms with Crippen molar-refractivity contribution >= 4 is 39.0 Å². The number of hydrogen-bond donors (Lipinski definition) is 2. The number of hydrogen-bond acceptors (Lipinski definition) is 6. The van der Waals surface area contributed by atoms with Gasteiger partial charge in [-0.15, -0.1) is 11.3 Å². The molecule has 1 amide bonds. The molecule has 0 unspecified atom stereocenters. The standard InChI is InChI=1S/C21H24N4O3S3/c1-15-2-4-16(5-3-15)21-24-17(14-30-21)6-7-22-20(26)19-12-18(13-23-19)31(27,28)25-8-10-29-11-9-25/h2-5,12-14,23H,6-11H2,1H3,(H,22,26). The van der Waals surface area contributed by atoms with E-state index in [4.69, 9.17) is 0 Å². The molecule has 2 aromatic heterocycles. The Bertz CT molecular complexity index is 1150. The fourth-order valence-electron chi connectivity index (χ4n) is 3.24. The molecule has 31 heavy (non-hydrogen) atoms. The summed E-state index contributed by atoms with van der Waals surface area (Å²) in [4.78, 5) is 20.0. The van der Waals surface area contributed by atoms with Crippen LogP contribution in [0.2, 0.25) is 0 Å². The van der Waals surface area contributed by atoms with Crippen molar-refractivity contribution in [1.82, 2.24) is 19.6 Å². The zero-order valence-electron chi connectivity index (χ0n) is 17.1. The van der Waals surface area contributed by atoms with Gasteiger partial charge in [0.25, 0.3) is 5.91 Å². The molecule has 0 aliphatic carbocycles. The average Bonchev–Trinajstić information content (AvgIpc) is 3.45. The van der Waals surface area contributed by atoms with Crippen molar-refractivity contribution in [3.8, 4) is 10.6 Å². The van der Waals surface area contributed by atoms with Crippen LogP contribution >= 0.6 is 23.1 Å². The van der Waals surface area contributed by atoms with Crippen molar-refractivity contribution in [2.75, 3.05) is 31.1 Å². The second-order valence-corrected chi connectivity index (χ2v) is 11.3. The van der Waals surface area contributed by atoms with Crippen molar-refractivity contribution < 1.29 is 13.2 Å². The molecule has 0 saturated carbocycles. The molecule has 0 atom stereocenters. The highest BCUT2D eigenvalue weighted by Crippen LogP contribution is 2.24. The fourth-order valence-corrected chi connectivity index (χ4v) is 6.67. The third kappa shape index (κ3) is 5.20. The average molecular weight is 477 g/mol. The molecule has 1 aromatic carbocycles. The van der Waals surface area contributed by atoms with Gasteiger partial charge in [0.1, 0.15) is 15.6 Å². The number of rotatable bonds is 7. The molecule has 3 aromatic rings. The zero-order chi connectivity index (χ0) is 21.8. The van der Waals surface area contributed by atoms with E-state index in [1.54, 1.807) is 23.1 Å². The van der Waals surface area contributed by atoms with Crippen molar-refractivity contribution in [3.63, 3.8) is 0 Å². The smallest absolute Gasteiger partial charge is 0.267 e. The first-order valence-electron chi connectivity index (χ1n) is 9.99. The Balaban J connectivity index is 1.32. The first-order chi connectivity index (χ1) is 14.9. The van der Waals surface area contributed by atoms with Gasteiger partial charge in [-0.1, -0.05) is 29.8 Å². The molecular formula is C21H24N4O3S3. The molecule has 4 rings (SSSR count). The number of aryl methyl sites for hydroxylation is 1. The van der Waals surface area contributed by atoms with Gasteiger partial charge in [0.2, 0.25) is 10.0 Å². The van der Waals surface area contributed by atoms with Crippen LogP contribution in [0, 0.1) is 6.92 Å². The SMILES string of the molecule is Cc1ccc(-c2nc(CCNC(=O)c3cc(S(=O)(=O)N4CCSCC4)c[nH]3)cs2)cc1. The van der Waals surface area contributed by atoms with Crippen molar-refractivity contribution in [2.24, 2.45) is 0 Å². The quantitative estimate of drug-likeness (QED) is 0.546. The van der Waals surface area contributed by atoms with Crippen molar-refractivity contribution in [1.29, 1.82) is 0 Å². The van der Waals surface area contributed by atoms with Crippen LogP contribution in [0.1, 0.15) is 21.7 Å². The third-order valence-electron chi connectivity index (χ3n) is 5.03. The summed E-state index contributed by atoms with van der Waals surface area (Å²) < 4.78 is 26.9. The highest BCUT2D eigenvalue weighted by atomic mass is 32.2. The second-order valence-electron chi connectivity index (χ2n) is 7.28. The number of carbonyl (C=O) groups excluding carboxylic acids is 1. The number of thiazole rings is 1. The Morgan fingerprint density at radius 3 is 2.71 bits per heavy atom. The highest BCUT2D eigenvalue weighted by molar-refractivity contribution is 7.99. The van der Waals surface area contributed by atoms with Crippen LogP contribution in [-0.2, 0) is 16.4 Å². The lowest BCUT2D eigenvalue weighted by molar-refractivity contribution is 0.0949. The summed E-state index contributed by atoms with van der Waals surface area (Å²) in [6.07, 6.45) is 1.99. The fraction of sp³-hybridized carbons (Fsp3) is 0.333. The van der Waals surface area contributed by atoms with Gasteiger partial charge in [0, 0.05) is 54.7 Å². The maximum Gasteiger partial charge on any atom is 0.267 e. The Kier molecular flexibility index (Phi) is 6.80. The van der Waals surface area contributed by atoms with Crippen LogP contribution in [0.5, 0.6) is 0 Å². The van der Waals surface area contributed by atoms with E-state index < -0.39 is 10.0 Å². The van der Waals surface area contributed by atoms with E-state index in [1.165, 1.54) is 22.1 Å². The van der Waals surface area contributed by atoms with Gasteiger partial charge in [-0.3, -0.25) is 4.79 Å². The van der Waals surface area contributed by atoms with E-state index in [1.807, 2.05) is 5.38 Å². The van der Waals surface area contributed by atoms with Gasteiger partial charge in [0.15, 0.2) is 0 Å². The lowest BCUT2D eigenvalue weighted by atomic mass is 10.2. The van der Waals surface area contributed by atoms with Gasteiger partial charge in [-0.05, 0) is 13.0 Å². The lowest BCUT2D eigenvalue weighted by Gasteiger charge is -2.24. The number of nitrogens with one attached hydrogen (secondary N) is 2. The molecule has 1 saturated heterocycles. The predicted molar refractivity (Wildman–Crippen MR) is 125 cm³/mol. The van der Waals surface area contributed by atoms with E-state index in [-0.39, 0.29) is 16.5 Å². The minimum atomic E-state index is -3.56. The number of thioether (sulfide) groups is 1. The van der Waals surface area contributed by atoms with Crippen LogP contribution in [0.4, 0.5) is 0 Å². The van der Waals surface area contributed by atoms with Crippen molar-refractivity contribution in [3.05, 3.63) is 58.9 Å². The topological polar surface area (TPSA) is 95.2 Å². The molecule has 7 nitrogen and oxygen atoms in total. The molecule has 2 N–H and O–H groups in total. The van der Waals surface area contributed by atoms with Gasteiger partial charge >= 0.3 is 0 Å². The predicted octanol–water partition coefficient (Wildman–Crippen LogP) is 3.16. The zero-order valence-corrected chi connectivity index (χ0v) is 19.6. The summed E-state index contributed by atoms with van der Waals surface area (Å²) in [5.74, 6) is 1.25. The monoisotopic (exact) mass is 476 g/mol. The van der Waals surface area contributed by atoms with Gasteiger partial charge in [0.05, 0.1) is 5.69 Å². The Morgan fingerprint density at radius 1 is 1.23 bits per heavy atom. The summed E-state index contributed by atoms with van der Waals surface area (Å²) in [6.45, 7) is 3.46. The molecule has 1 fully saturated rings. The van der Waals surface area contributed by atoms with Crippen LogP contribution in [0.15, 0.2) is 46.8 Å². The normalized spacial score (nSPS) is 15.1. The number of amides is 1. The van der Waals surface area contributed by atoms with Gasteiger partial charge in [-0.2, -0.15) is 16.1 Å². The first kappa shape index (κ1) is 22.1. The van der Waals surface area contributed by atoms with E-state index in [0.29, 0.717) is 26.1 Å². The van der Waals surface area contributed by atoms with E-state index in [0.717, 1.165) is 27.8 Å². The minimum Gasteiger partial charge on any atom is -0.356 e.